The molecule has 0 spiro atoms. The molecule has 140 valence electrons. The van der Waals surface area contributed by atoms with E-state index < -0.39 is 0 Å². The smallest absolute Gasteiger partial charge is 0.0926 e. The average molecular weight is 434 g/mol. The van der Waals surface area contributed by atoms with Crippen molar-refractivity contribution in [1.82, 2.24) is 9.97 Å². The van der Waals surface area contributed by atoms with Crippen LogP contribution in [0.25, 0.3) is 0 Å². The van der Waals surface area contributed by atoms with Crippen LogP contribution in [-0.4, -0.2) is 20.9 Å². The van der Waals surface area contributed by atoms with E-state index in [1.54, 1.807) is 0 Å². The summed E-state index contributed by atoms with van der Waals surface area (Å²) in [6.45, 7) is 0. The van der Waals surface area contributed by atoms with E-state index in [1.165, 1.54) is 5.56 Å². The van der Waals surface area contributed by atoms with Gasteiger partial charge < -0.3 is 15.2 Å². The minimum Gasteiger partial charge on any atom is -0.411 e. The molecule has 0 fully saturated rings. The molecule has 4 aromatic rings. The minimum absolute atomic E-state index is 0.0899. The van der Waals surface area contributed by atoms with Gasteiger partial charge in [-0.05, 0) is 47.5 Å². The highest BCUT2D eigenvalue weighted by atomic mass is 79.9. The molecule has 0 aliphatic heterocycles. The van der Waals surface area contributed by atoms with Gasteiger partial charge in [-0.3, -0.25) is 0 Å². The number of rotatable bonds is 6. The topological polar surface area (TPSA) is 64.2 Å². The number of oxime groups is 1. The molecule has 0 bridgehead atoms. The third kappa shape index (κ3) is 3.94. The maximum atomic E-state index is 9.51. The van der Waals surface area contributed by atoms with Crippen LogP contribution in [0.15, 0.2) is 94.7 Å². The molecule has 0 amide bonds. The zero-order valence-corrected chi connectivity index (χ0v) is 16.7. The third-order valence-electron chi connectivity index (χ3n) is 4.80. The lowest BCUT2D eigenvalue weighted by Crippen LogP contribution is -2.07. The van der Waals surface area contributed by atoms with Crippen LogP contribution in [0.5, 0.6) is 0 Å². The second-order valence-corrected chi connectivity index (χ2v) is 7.55. The molecular formula is C23H20BrN3O. The lowest BCUT2D eigenvalue weighted by molar-refractivity contribution is 0.318. The van der Waals surface area contributed by atoms with Crippen molar-refractivity contribution >= 4 is 21.6 Å². The number of hydrogen-bond donors (Lipinski definition) is 3. The first-order valence-corrected chi connectivity index (χ1v) is 9.87. The fraction of sp³-hybridized carbons (Fsp3) is 0.0870. The van der Waals surface area contributed by atoms with Gasteiger partial charge in [0.15, 0.2) is 0 Å². The van der Waals surface area contributed by atoms with E-state index in [1.807, 2.05) is 42.6 Å². The van der Waals surface area contributed by atoms with Crippen molar-refractivity contribution in [2.75, 3.05) is 0 Å². The Morgan fingerprint density at radius 3 is 2.36 bits per heavy atom. The van der Waals surface area contributed by atoms with Crippen LogP contribution in [0.4, 0.5) is 0 Å². The summed E-state index contributed by atoms with van der Waals surface area (Å²) in [6, 6.07) is 26.4. The molecule has 0 saturated heterocycles. The highest BCUT2D eigenvalue weighted by Gasteiger charge is 2.19. The standard InChI is InChI=1S/C23H20BrN3O/c24-18-10-8-16(9-11-18)22(27-28)15-19-12-13-21(26-19)23(20-7-4-14-25-20)17-5-2-1-3-6-17/h1-14,23,25-26,28H,15H2/b27-22-. The molecule has 0 radical (unpaired) electrons. The van der Waals surface area contributed by atoms with Gasteiger partial charge >= 0.3 is 0 Å². The van der Waals surface area contributed by atoms with E-state index in [2.05, 4.69) is 73.5 Å². The van der Waals surface area contributed by atoms with E-state index >= 15 is 0 Å². The predicted octanol–water partition coefficient (Wildman–Crippen LogP) is 5.71. The van der Waals surface area contributed by atoms with E-state index in [0.717, 1.165) is 27.1 Å². The first-order valence-electron chi connectivity index (χ1n) is 9.07. The number of nitrogens with one attached hydrogen (secondary N) is 2. The van der Waals surface area contributed by atoms with Crippen LogP contribution < -0.4 is 0 Å². The normalized spacial score (nSPS) is 12.8. The zero-order valence-electron chi connectivity index (χ0n) is 15.1. The highest BCUT2D eigenvalue weighted by molar-refractivity contribution is 9.10. The van der Waals surface area contributed by atoms with Crippen LogP contribution in [0.2, 0.25) is 0 Å². The maximum absolute atomic E-state index is 9.51. The van der Waals surface area contributed by atoms with Crippen LogP contribution in [0.1, 0.15) is 34.1 Å². The number of hydrogen-bond acceptors (Lipinski definition) is 2. The Labute approximate surface area is 172 Å². The van der Waals surface area contributed by atoms with Gasteiger partial charge in [-0.15, -0.1) is 0 Å². The lowest BCUT2D eigenvalue weighted by atomic mass is 9.93. The third-order valence-corrected chi connectivity index (χ3v) is 5.33. The van der Waals surface area contributed by atoms with Crippen molar-refractivity contribution in [2.45, 2.75) is 12.3 Å². The summed E-state index contributed by atoms with van der Waals surface area (Å²) in [5.74, 6) is 0.0899. The second kappa shape index (κ2) is 8.31. The van der Waals surface area contributed by atoms with Gasteiger partial charge in [0.1, 0.15) is 0 Å². The first kappa shape index (κ1) is 18.3. The van der Waals surface area contributed by atoms with Gasteiger partial charge in [0.2, 0.25) is 0 Å². The van der Waals surface area contributed by atoms with E-state index in [4.69, 9.17) is 0 Å². The van der Waals surface area contributed by atoms with Crippen LogP contribution in [0.3, 0.4) is 0 Å². The molecule has 3 N–H and O–H groups in total. The lowest BCUT2D eigenvalue weighted by Gasteiger charge is -2.15. The maximum Gasteiger partial charge on any atom is 0.0926 e. The molecule has 0 aliphatic rings. The molecule has 1 atom stereocenters. The minimum atomic E-state index is 0.0899. The summed E-state index contributed by atoms with van der Waals surface area (Å²) in [6.07, 6.45) is 2.46. The summed E-state index contributed by atoms with van der Waals surface area (Å²) < 4.78 is 0.993. The summed E-state index contributed by atoms with van der Waals surface area (Å²) in [4.78, 5) is 6.86. The molecule has 2 aromatic carbocycles. The van der Waals surface area contributed by atoms with Crippen molar-refractivity contribution in [2.24, 2.45) is 5.16 Å². The summed E-state index contributed by atoms with van der Waals surface area (Å²) >= 11 is 3.43. The number of benzene rings is 2. The largest absolute Gasteiger partial charge is 0.411 e. The molecule has 0 saturated carbocycles. The molecule has 2 aromatic heterocycles. The Balaban J connectivity index is 1.63. The molecule has 2 heterocycles. The van der Waals surface area contributed by atoms with Crippen molar-refractivity contribution in [1.29, 1.82) is 0 Å². The molecule has 1 unspecified atom stereocenters. The first-order chi connectivity index (χ1) is 13.7. The van der Waals surface area contributed by atoms with Gasteiger partial charge in [-0.25, -0.2) is 0 Å². The van der Waals surface area contributed by atoms with Crippen LogP contribution in [-0.2, 0) is 6.42 Å². The summed E-state index contributed by atoms with van der Waals surface area (Å²) in [7, 11) is 0. The molecule has 4 nitrogen and oxygen atoms in total. The number of nitrogens with zero attached hydrogens (tertiary/aromatic N) is 1. The number of halogens is 1. The zero-order chi connectivity index (χ0) is 19.3. The predicted molar refractivity (Wildman–Crippen MR) is 115 cm³/mol. The Bertz CT molecular complexity index is 1050. The summed E-state index contributed by atoms with van der Waals surface area (Å²) in [5, 5.41) is 13.0. The van der Waals surface area contributed by atoms with Crippen LogP contribution >= 0.6 is 15.9 Å². The Hall–Kier alpha value is -3.05. The SMILES string of the molecule is O/N=C(/Cc1ccc(C(c2ccccc2)c2ccc[nH]2)[nH]1)c1ccc(Br)cc1. The van der Waals surface area contributed by atoms with Gasteiger partial charge in [0.05, 0.1) is 11.6 Å². The molecular weight excluding hydrogens is 414 g/mol. The van der Waals surface area contributed by atoms with Gasteiger partial charge in [0, 0.05) is 34.2 Å². The molecule has 5 heteroatoms. The van der Waals surface area contributed by atoms with Gasteiger partial charge in [-0.1, -0.05) is 63.6 Å². The Morgan fingerprint density at radius 1 is 0.893 bits per heavy atom. The quantitative estimate of drug-likeness (QED) is 0.203. The fourth-order valence-electron chi connectivity index (χ4n) is 3.44. The highest BCUT2D eigenvalue weighted by Crippen LogP contribution is 2.30. The van der Waals surface area contributed by atoms with Crippen molar-refractivity contribution < 1.29 is 5.21 Å². The van der Waals surface area contributed by atoms with E-state index in [9.17, 15) is 5.21 Å². The Kier molecular flexibility index (Phi) is 5.44. The van der Waals surface area contributed by atoms with Crippen molar-refractivity contribution in [3.05, 3.63) is 118 Å². The van der Waals surface area contributed by atoms with Crippen molar-refractivity contribution in [3.63, 3.8) is 0 Å². The van der Waals surface area contributed by atoms with Gasteiger partial charge in [-0.2, -0.15) is 0 Å². The average Bonchev–Trinajstić information content (AvgIpc) is 3.41. The van der Waals surface area contributed by atoms with E-state index in [0.29, 0.717) is 12.1 Å². The summed E-state index contributed by atoms with van der Waals surface area (Å²) in [5.41, 5.74) is 5.95. The Morgan fingerprint density at radius 2 is 1.68 bits per heavy atom. The molecule has 0 aliphatic carbocycles. The van der Waals surface area contributed by atoms with Crippen molar-refractivity contribution in [3.8, 4) is 0 Å². The molecule has 28 heavy (non-hydrogen) atoms. The number of aromatic amines is 2. The monoisotopic (exact) mass is 433 g/mol. The second-order valence-electron chi connectivity index (χ2n) is 6.64. The van der Waals surface area contributed by atoms with E-state index in [-0.39, 0.29) is 5.92 Å². The fourth-order valence-corrected chi connectivity index (χ4v) is 3.71. The number of H-pyrrole nitrogens is 2. The molecule has 4 rings (SSSR count). The van der Waals surface area contributed by atoms with Gasteiger partial charge in [0.25, 0.3) is 0 Å². The number of aromatic nitrogens is 2. The van der Waals surface area contributed by atoms with Crippen LogP contribution in [0, 0.1) is 0 Å².